The molecule has 0 atom stereocenters. The average molecular weight is 170 g/mol. The molecule has 66 valence electrons. The van der Waals surface area contributed by atoms with E-state index in [0.29, 0.717) is 0 Å². The van der Waals surface area contributed by atoms with Gasteiger partial charge in [0.15, 0.2) is 0 Å². The van der Waals surface area contributed by atoms with Crippen LogP contribution in [0.2, 0.25) is 0 Å². The highest BCUT2D eigenvalue weighted by Crippen LogP contribution is 2.48. The van der Waals surface area contributed by atoms with Crippen LogP contribution < -0.4 is 0 Å². The lowest BCUT2D eigenvalue weighted by molar-refractivity contribution is 0.913. The van der Waals surface area contributed by atoms with E-state index in [2.05, 4.69) is 38.0 Å². The fourth-order valence-electron chi connectivity index (χ4n) is 1.87. The molecule has 1 saturated carbocycles. The van der Waals surface area contributed by atoms with Gasteiger partial charge in [-0.25, -0.2) is 0 Å². The summed E-state index contributed by atoms with van der Waals surface area (Å²) < 4.78 is 0. The Bertz CT molecular complexity index is 376. The summed E-state index contributed by atoms with van der Waals surface area (Å²) in [6, 6.07) is 6.55. The van der Waals surface area contributed by atoms with Gasteiger partial charge < -0.3 is 0 Å². The van der Waals surface area contributed by atoms with Crippen LogP contribution in [0, 0.1) is 26.2 Å². The highest BCUT2D eigenvalue weighted by molar-refractivity contribution is 5.46. The Morgan fingerprint density at radius 1 is 1.31 bits per heavy atom. The van der Waals surface area contributed by atoms with Gasteiger partial charge in [0, 0.05) is 0 Å². The van der Waals surface area contributed by atoms with Gasteiger partial charge in [0.05, 0.1) is 5.41 Å². The van der Waals surface area contributed by atoms with Crippen molar-refractivity contribution in [2.45, 2.75) is 32.1 Å². The van der Waals surface area contributed by atoms with E-state index in [0.717, 1.165) is 12.8 Å². The van der Waals surface area contributed by atoms with E-state index >= 15 is 0 Å². The first-order valence-corrected chi connectivity index (χ1v) is 4.73. The summed E-state index contributed by atoms with van der Waals surface area (Å²) in [4.78, 5) is 0. The van der Waals surface area contributed by atoms with Gasteiger partial charge in [-0.3, -0.25) is 0 Å². The maximum atomic E-state index is 5.57. The molecule has 0 N–H and O–H groups in total. The number of rotatable bonds is 1. The third kappa shape index (κ3) is 1.25. The Kier molecular flexibility index (Phi) is 1.70. The zero-order valence-corrected chi connectivity index (χ0v) is 8.22. The lowest BCUT2D eigenvalue weighted by Gasteiger charge is -2.12. The molecule has 0 amide bonds. The lowest BCUT2D eigenvalue weighted by Crippen LogP contribution is -2.05. The molecular formula is C13H14. The topological polar surface area (TPSA) is 0 Å². The van der Waals surface area contributed by atoms with Crippen LogP contribution in [0.15, 0.2) is 18.2 Å². The van der Waals surface area contributed by atoms with Gasteiger partial charge in [-0.15, -0.1) is 6.42 Å². The van der Waals surface area contributed by atoms with Gasteiger partial charge in [-0.1, -0.05) is 29.7 Å². The smallest absolute Gasteiger partial charge is 0.0564 e. The van der Waals surface area contributed by atoms with Crippen LogP contribution >= 0.6 is 0 Å². The Balaban J connectivity index is 2.52. The predicted molar refractivity (Wildman–Crippen MR) is 55.7 cm³/mol. The number of hydrogen-bond donors (Lipinski definition) is 0. The minimum absolute atomic E-state index is 0.0934. The quantitative estimate of drug-likeness (QED) is 0.568. The molecule has 0 unspecified atom stereocenters. The Hall–Kier alpha value is -1.22. The molecule has 1 aliphatic rings. The first-order chi connectivity index (χ1) is 6.18. The summed E-state index contributed by atoms with van der Waals surface area (Å²) in [5.41, 5.74) is 4.11. The molecule has 1 aromatic carbocycles. The second-order valence-electron chi connectivity index (χ2n) is 4.04. The summed E-state index contributed by atoms with van der Waals surface area (Å²) >= 11 is 0. The fourth-order valence-corrected chi connectivity index (χ4v) is 1.87. The second-order valence-corrected chi connectivity index (χ2v) is 4.04. The second kappa shape index (κ2) is 2.64. The van der Waals surface area contributed by atoms with Crippen LogP contribution in [0.5, 0.6) is 0 Å². The standard InChI is InChI=1S/C13H14/c1-4-13(7-8-13)12-9-10(2)5-6-11(12)3/h1,5-6,9H,7-8H2,2-3H3. The molecule has 13 heavy (non-hydrogen) atoms. The normalized spacial score (nSPS) is 17.9. The number of hydrogen-bond acceptors (Lipinski definition) is 0. The maximum absolute atomic E-state index is 5.57. The Labute approximate surface area is 80.0 Å². The van der Waals surface area contributed by atoms with Crippen molar-refractivity contribution >= 4 is 0 Å². The third-order valence-corrected chi connectivity index (χ3v) is 2.93. The van der Waals surface area contributed by atoms with E-state index < -0.39 is 0 Å². The number of benzene rings is 1. The van der Waals surface area contributed by atoms with Crippen molar-refractivity contribution < 1.29 is 0 Å². The Morgan fingerprint density at radius 3 is 2.54 bits per heavy atom. The molecule has 2 rings (SSSR count). The first kappa shape index (κ1) is 8.38. The van der Waals surface area contributed by atoms with Gasteiger partial charge in [-0.2, -0.15) is 0 Å². The molecule has 0 heterocycles. The van der Waals surface area contributed by atoms with Gasteiger partial charge in [-0.05, 0) is 37.8 Å². The monoisotopic (exact) mass is 170 g/mol. The van der Waals surface area contributed by atoms with Crippen LogP contribution in [0.4, 0.5) is 0 Å². The summed E-state index contributed by atoms with van der Waals surface area (Å²) in [6.45, 7) is 4.27. The summed E-state index contributed by atoms with van der Waals surface area (Å²) in [7, 11) is 0. The van der Waals surface area contributed by atoms with Crippen molar-refractivity contribution in [1.29, 1.82) is 0 Å². The van der Waals surface area contributed by atoms with E-state index in [4.69, 9.17) is 6.42 Å². The third-order valence-electron chi connectivity index (χ3n) is 2.93. The van der Waals surface area contributed by atoms with Crippen LogP contribution in [0.25, 0.3) is 0 Å². The summed E-state index contributed by atoms with van der Waals surface area (Å²) in [5, 5.41) is 0. The molecule has 0 saturated heterocycles. The zero-order chi connectivity index (χ0) is 9.47. The molecule has 1 aromatic rings. The summed E-state index contributed by atoms with van der Waals surface area (Å²) in [5.74, 6) is 2.94. The number of aryl methyl sites for hydroxylation is 2. The summed E-state index contributed by atoms with van der Waals surface area (Å²) in [6.07, 6.45) is 7.89. The van der Waals surface area contributed by atoms with E-state index in [1.165, 1.54) is 16.7 Å². The van der Waals surface area contributed by atoms with Crippen molar-refractivity contribution in [3.63, 3.8) is 0 Å². The lowest BCUT2D eigenvalue weighted by atomic mass is 9.91. The van der Waals surface area contributed by atoms with Crippen molar-refractivity contribution in [2.24, 2.45) is 0 Å². The minimum Gasteiger partial charge on any atom is -0.119 e. The van der Waals surface area contributed by atoms with E-state index in [9.17, 15) is 0 Å². The van der Waals surface area contributed by atoms with E-state index in [-0.39, 0.29) is 5.41 Å². The molecule has 0 aromatic heterocycles. The van der Waals surface area contributed by atoms with Crippen LogP contribution in [0.3, 0.4) is 0 Å². The molecule has 1 aliphatic carbocycles. The predicted octanol–water partition coefficient (Wildman–Crippen LogP) is 2.97. The molecular weight excluding hydrogens is 156 g/mol. The molecule has 0 radical (unpaired) electrons. The molecule has 1 fully saturated rings. The highest BCUT2D eigenvalue weighted by atomic mass is 14.4. The van der Waals surface area contributed by atoms with Crippen molar-refractivity contribution in [3.05, 3.63) is 34.9 Å². The molecule has 0 spiro atoms. The van der Waals surface area contributed by atoms with Crippen LogP contribution in [-0.4, -0.2) is 0 Å². The Morgan fingerprint density at radius 2 is 2.00 bits per heavy atom. The largest absolute Gasteiger partial charge is 0.119 e. The molecule has 0 nitrogen and oxygen atoms in total. The van der Waals surface area contributed by atoms with Crippen molar-refractivity contribution in [1.82, 2.24) is 0 Å². The number of terminal acetylenes is 1. The van der Waals surface area contributed by atoms with Crippen molar-refractivity contribution in [3.8, 4) is 12.3 Å². The van der Waals surface area contributed by atoms with Crippen LogP contribution in [-0.2, 0) is 5.41 Å². The fraction of sp³-hybridized carbons (Fsp3) is 0.385. The van der Waals surface area contributed by atoms with E-state index in [1.54, 1.807) is 0 Å². The van der Waals surface area contributed by atoms with Crippen molar-refractivity contribution in [2.75, 3.05) is 0 Å². The molecule has 0 bridgehead atoms. The van der Waals surface area contributed by atoms with Crippen LogP contribution in [0.1, 0.15) is 29.5 Å². The van der Waals surface area contributed by atoms with Gasteiger partial charge in [0.1, 0.15) is 0 Å². The van der Waals surface area contributed by atoms with E-state index in [1.807, 2.05) is 0 Å². The minimum atomic E-state index is 0.0934. The molecule has 0 aliphatic heterocycles. The highest BCUT2D eigenvalue weighted by Gasteiger charge is 2.43. The van der Waals surface area contributed by atoms with Gasteiger partial charge in [0.25, 0.3) is 0 Å². The zero-order valence-electron chi connectivity index (χ0n) is 8.22. The first-order valence-electron chi connectivity index (χ1n) is 4.73. The van der Waals surface area contributed by atoms with Gasteiger partial charge >= 0.3 is 0 Å². The van der Waals surface area contributed by atoms with Gasteiger partial charge in [0.2, 0.25) is 0 Å². The maximum Gasteiger partial charge on any atom is 0.0564 e. The SMILES string of the molecule is C#CC1(c2cc(C)ccc2C)CC1. The molecule has 0 heteroatoms. The average Bonchev–Trinajstić information content (AvgIpc) is 2.90.